The molecule has 4 fully saturated rings. The van der Waals surface area contributed by atoms with Gasteiger partial charge in [-0.25, -0.2) is 0 Å². The summed E-state index contributed by atoms with van der Waals surface area (Å²) in [4.78, 5) is 3.83. The first-order chi connectivity index (χ1) is 14.6. The highest BCUT2D eigenvalue weighted by atomic mass is 16.8. The second-order valence-corrected chi connectivity index (χ2v) is 12.2. The Balaban J connectivity index is 1.39. The number of hydrogen-bond acceptors (Lipinski definition) is 3. The van der Waals surface area contributed by atoms with E-state index in [1.54, 1.807) is 0 Å². The van der Waals surface area contributed by atoms with E-state index in [2.05, 4.69) is 56.9 Å². The Labute approximate surface area is 184 Å². The number of para-hydroxylation sites is 1. The van der Waals surface area contributed by atoms with Gasteiger partial charge in [-0.3, -0.25) is 0 Å². The summed E-state index contributed by atoms with van der Waals surface area (Å²) in [6.45, 7) is 9.17. The third-order valence-corrected chi connectivity index (χ3v) is 10.9. The van der Waals surface area contributed by atoms with Crippen molar-refractivity contribution in [1.82, 2.24) is 4.98 Å². The summed E-state index contributed by atoms with van der Waals surface area (Å²) in [6.07, 6.45) is 7.00. The van der Waals surface area contributed by atoms with E-state index in [4.69, 9.17) is 9.47 Å². The van der Waals surface area contributed by atoms with Crippen molar-refractivity contribution in [1.29, 1.82) is 0 Å². The normalized spacial score (nSPS) is 49.4. The Morgan fingerprint density at radius 1 is 1.00 bits per heavy atom. The van der Waals surface area contributed by atoms with Gasteiger partial charge in [0.25, 0.3) is 0 Å². The van der Waals surface area contributed by atoms with Gasteiger partial charge in [-0.2, -0.15) is 0 Å². The number of fused-ring (bicyclic) bond motifs is 9. The molecule has 1 aromatic carbocycles. The Hall–Kier alpha value is -1.36. The van der Waals surface area contributed by atoms with Gasteiger partial charge in [0.05, 0.1) is 17.3 Å². The highest BCUT2D eigenvalue weighted by Gasteiger charge is 2.76. The second-order valence-electron chi connectivity index (χ2n) is 12.2. The number of benzene rings is 1. The highest BCUT2D eigenvalue weighted by molar-refractivity contribution is 5.86. The van der Waals surface area contributed by atoms with Gasteiger partial charge in [0, 0.05) is 39.8 Å². The number of hydrogen-bond donors (Lipinski definition) is 2. The standard InChI is InChI=1S/C27H35NO3/c1-23(2)21-10-9-20-26(29)12-11-16-15-18-17-7-5-6-8-19(17)28-22(18)25(16,4)24(26,3)13-14-27(20,30-21)31-23/h5-8,16,20-21,28-29H,9-15H2,1-4H3. The molecule has 7 rings (SSSR count). The summed E-state index contributed by atoms with van der Waals surface area (Å²) in [6, 6.07) is 8.73. The predicted octanol–water partition coefficient (Wildman–Crippen LogP) is 5.22. The Morgan fingerprint density at radius 2 is 1.81 bits per heavy atom. The van der Waals surface area contributed by atoms with Crippen molar-refractivity contribution in [3.05, 3.63) is 35.5 Å². The van der Waals surface area contributed by atoms with Crippen LogP contribution in [0.3, 0.4) is 0 Å². The molecule has 0 radical (unpaired) electrons. The van der Waals surface area contributed by atoms with E-state index >= 15 is 0 Å². The molecule has 1 spiro atoms. The molecule has 1 aromatic heterocycles. The number of ether oxygens (including phenoxy) is 2. The van der Waals surface area contributed by atoms with Crippen LogP contribution in [0.2, 0.25) is 0 Å². The fourth-order valence-corrected chi connectivity index (χ4v) is 9.11. The highest BCUT2D eigenvalue weighted by Crippen LogP contribution is 2.72. The van der Waals surface area contributed by atoms with E-state index < -0.39 is 11.4 Å². The maximum absolute atomic E-state index is 12.7. The molecule has 2 aliphatic heterocycles. The third kappa shape index (κ3) is 1.93. The fourth-order valence-electron chi connectivity index (χ4n) is 9.11. The van der Waals surface area contributed by atoms with E-state index in [9.17, 15) is 5.11 Å². The van der Waals surface area contributed by atoms with Crippen molar-refractivity contribution in [2.24, 2.45) is 17.3 Å². The number of aliphatic hydroxyl groups is 1. The summed E-state index contributed by atoms with van der Waals surface area (Å²) in [7, 11) is 0. The Morgan fingerprint density at radius 3 is 2.65 bits per heavy atom. The first-order valence-electron chi connectivity index (χ1n) is 12.4. The van der Waals surface area contributed by atoms with Crippen LogP contribution in [0.15, 0.2) is 24.3 Å². The number of aromatic amines is 1. The summed E-state index contributed by atoms with van der Waals surface area (Å²) >= 11 is 0. The molecule has 2 N–H and O–H groups in total. The molecule has 4 nitrogen and oxygen atoms in total. The lowest BCUT2D eigenvalue weighted by Crippen LogP contribution is -2.72. The van der Waals surface area contributed by atoms with E-state index in [0.29, 0.717) is 5.92 Å². The second kappa shape index (κ2) is 5.40. The zero-order valence-electron chi connectivity index (χ0n) is 19.3. The average Bonchev–Trinajstić information content (AvgIpc) is 3.30. The van der Waals surface area contributed by atoms with E-state index in [-0.39, 0.29) is 28.5 Å². The number of nitrogens with one attached hydrogen (secondary N) is 1. The number of rotatable bonds is 0. The van der Waals surface area contributed by atoms with Gasteiger partial charge >= 0.3 is 0 Å². The van der Waals surface area contributed by atoms with Crippen molar-refractivity contribution in [2.75, 3.05) is 0 Å². The van der Waals surface area contributed by atoms with E-state index in [0.717, 1.165) is 44.9 Å². The maximum Gasteiger partial charge on any atom is 0.175 e. The van der Waals surface area contributed by atoms with Crippen LogP contribution in [-0.2, 0) is 21.3 Å². The lowest BCUT2D eigenvalue weighted by atomic mass is 9.40. The van der Waals surface area contributed by atoms with Gasteiger partial charge in [-0.1, -0.05) is 32.0 Å². The minimum Gasteiger partial charge on any atom is -0.389 e. The topological polar surface area (TPSA) is 54.5 Å². The minimum atomic E-state index is -0.777. The molecule has 2 saturated heterocycles. The fraction of sp³-hybridized carbons (Fsp3) is 0.704. The number of H-pyrrole nitrogens is 1. The Kier molecular flexibility index (Phi) is 3.34. The summed E-state index contributed by atoms with van der Waals surface area (Å²) in [5.74, 6) is 0.0185. The van der Waals surface area contributed by atoms with Crippen LogP contribution in [0.4, 0.5) is 0 Å². The summed E-state index contributed by atoms with van der Waals surface area (Å²) < 4.78 is 13.3. The monoisotopic (exact) mass is 421 g/mol. The largest absolute Gasteiger partial charge is 0.389 e. The molecule has 2 bridgehead atoms. The molecular weight excluding hydrogens is 386 g/mol. The molecule has 7 unspecified atom stereocenters. The van der Waals surface area contributed by atoms with E-state index in [1.807, 2.05) is 0 Å². The molecule has 31 heavy (non-hydrogen) atoms. The first-order valence-corrected chi connectivity index (χ1v) is 12.4. The zero-order valence-corrected chi connectivity index (χ0v) is 19.3. The van der Waals surface area contributed by atoms with Gasteiger partial charge in [0.15, 0.2) is 5.79 Å². The van der Waals surface area contributed by atoms with Crippen LogP contribution in [0.5, 0.6) is 0 Å². The predicted molar refractivity (Wildman–Crippen MR) is 120 cm³/mol. The van der Waals surface area contributed by atoms with Crippen LogP contribution in [0, 0.1) is 17.3 Å². The van der Waals surface area contributed by atoms with Crippen molar-refractivity contribution >= 4 is 10.9 Å². The van der Waals surface area contributed by atoms with Crippen molar-refractivity contribution in [3.8, 4) is 0 Å². The molecule has 3 aliphatic carbocycles. The molecule has 3 heterocycles. The van der Waals surface area contributed by atoms with Crippen LogP contribution in [-0.4, -0.2) is 33.2 Å². The summed E-state index contributed by atoms with van der Waals surface area (Å²) in [5, 5.41) is 14.0. The van der Waals surface area contributed by atoms with Crippen LogP contribution in [0.1, 0.15) is 77.5 Å². The Bertz CT molecular complexity index is 1110. The molecule has 0 amide bonds. The van der Waals surface area contributed by atoms with Gasteiger partial charge in [0.2, 0.25) is 0 Å². The first kappa shape index (κ1) is 19.1. The zero-order chi connectivity index (χ0) is 21.4. The molecular formula is C27H35NO3. The number of aromatic nitrogens is 1. The van der Waals surface area contributed by atoms with E-state index in [1.165, 1.54) is 22.2 Å². The van der Waals surface area contributed by atoms with Gasteiger partial charge in [0.1, 0.15) is 0 Å². The third-order valence-electron chi connectivity index (χ3n) is 10.9. The SMILES string of the molecule is CC1(C)OC23CCC4(C)C(O)(CCC5Cc6c([nH]c7ccccc67)C54C)C2CCC1O3. The average molecular weight is 422 g/mol. The van der Waals surface area contributed by atoms with Gasteiger partial charge < -0.3 is 19.6 Å². The molecule has 166 valence electrons. The smallest absolute Gasteiger partial charge is 0.175 e. The molecule has 5 aliphatic rings. The lowest BCUT2D eigenvalue weighted by Gasteiger charge is -2.68. The van der Waals surface area contributed by atoms with Crippen molar-refractivity contribution in [3.63, 3.8) is 0 Å². The molecule has 2 aromatic rings. The van der Waals surface area contributed by atoms with Gasteiger partial charge in [-0.05, 0) is 69.9 Å². The maximum atomic E-state index is 12.7. The van der Waals surface area contributed by atoms with Crippen molar-refractivity contribution in [2.45, 2.75) is 101 Å². The summed E-state index contributed by atoms with van der Waals surface area (Å²) in [5.41, 5.74) is 2.79. The van der Waals surface area contributed by atoms with Crippen LogP contribution >= 0.6 is 0 Å². The van der Waals surface area contributed by atoms with Crippen LogP contribution in [0.25, 0.3) is 10.9 Å². The molecule has 2 saturated carbocycles. The van der Waals surface area contributed by atoms with Crippen molar-refractivity contribution < 1.29 is 14.6 Å². The van der Waals surface area contributed by atoms with Gasteiger partial charge in [-0.15, -0.1) is 0 Å². The van der Waals surface area contributed by atoms with Crippen LogP contribution < -0.4 is 0 Å². The minimum absolute atomic E-state index is 0.0444. The quantitative estimate of drug-likeness (QED) is 0.613. The molecule has 4 heteroatoms. The molecule has 7 atom stereocenters. The lowest BCUT2D eigenvalue weighted by molar-refractivity contribution is -0.339.